The van der Waals surface area contributed by atoms with Gasteiger partial charge in [-0.2, -0.15) is 18.2 Å². The summed E-state index contributed by atoms with van der Waals surface area (Å²) in [6, 6.07) is 17.2. The van der Waals surface area contributed by atoms with Gasteiger partial charge in [0.15, 0.2) is 0 Å². The smallest absolute Gasteiger partial charge is 0.369 e. The Hall–Kier alpha value is -4.20. The van der Waals surface area contributed by atoms with Crippen LogP contribution in [0.5, 0.6) is 0 Å². The zero-order valence-electron chi connectivity index (χ0n) is 26.4. The summed E-state index contributed by atoms with van der Waals surface area (Å²) in [5, 5.41) is 6.32. The lowest BCUT2D eigenvalue weighted by molar-refractivity contribution is -0.137. The Bertz CT molecular complexity index is 1800. The minimum Gasteiger partial charge on any atom is -0.369 e. The SMILES string of the molecule is Cc1cnc(Nc2ccc(N3CCN(C)CC3)cc2)nc1Nc1cc(-c2ccccc2C(F)(F)F)cc(S(=O)(=O)NC(C)(C)C)c1. The van der Waals surface area contributed by atoms with Gasteiger partial charge in [-0.15, -0.1) is 0 Å². The molecule has 0 bridgehead atoms. The third-order valence-electron chi connectivity index (χ3n) is 7.43. The Morgan fingerprint density at radius 2 is 1.52 bits per heavy atom. The Morgan fingerprint density at radius 1 is 0.848 bits per heavy atom. The summed E-state index contributed by atoms with van der Waals surface area (Å²) >= 11 is 0. The number of aryl methyl sites for hydroxylation is 1. The van der Waals surface area contributed by atoms with E-state index >= 15 is 0 Å². The monoisotopic (exact) mass is 653 g/mol. The number of hydrogen-bond acceptors (Lipinski definition) is 8. The molecule has 9 nitrogen and oxygen atoms in total. The van der Waals surface area contributed by atoms with Crippen LogP contribution >= 0.6 is 0 Å². The maximum atomic E-state index is 14.0. The number of aromatic nitrogens is 2. The molecule has 4 aromatic rings. The van der Waals surface area contributed by atoms with Crippen molar-refractivity contribution in [3.05, 3.63) is 84.1 Å². The van der Waals surface area contributed by atoms with Crippen molar-refractivity contribution in [2.45, 2.75) is 44.3 Å². The third kappa shape index (κ3) is 8.14. The number of nitrogens with one attached hydrogen (secondary N) is 3. The van der Waals surface area contributed by atoms with Crippen LogP contribution in [0.3, 0.4) is 0 Å². The molecule has 0 amide bonds. The van der Waals surface area contributed by atoms with Crippen molar-refractivity contribution in [3.63, 3.8) is 0 Å². The molecule has 0 unspecified atom stereocenters. The fourth-order valence-electron chi connectivity index (χ4n) is 5.14. The normalized spacial score (nSPS) is 14.7. The quantitative estimate of drug-likeness (QED) is 0.191. The second kappa shape index (κ2) is 12.9. The summed E-state index contributed by atoms with van der Waals surface area (Å²) in [6.45, 7) is 10.8. The predicted molar refractivity (Wildman–Crippen MR) is 176 cm³/mol. The summed E-state index contributed by atoms with van der Waals surface area (Å²) in [5.41, 5.74) is 1.04. The molecule has 46 heavy (non-hydrogen) atoms. The van der Waals surface area contributed by atoms with Crippen molar-refractivity contribution in [3.8, 4) is 11.1 Å². The lowest BCUT2D eigenvalue weighted by Crippen LogP contribution is -2.44. The minimum atomic E-state index is -4.64. The molecule has 0 radical (unpaired) electrons. The van der Waals surface area contributed by atoms with Gasteiger partial charge in [0.1, 0.15) is 5.82 Å². The van der Waals surface area contributed by atoms with Crippen LogP contribution in [0.2, 0.25) is 0 Å². The summed E-state index contributed by atoms with van der Waals surface area (Å²) in [6.07, 6.45) is -3.03. The van der Waals surface area contributed by atoms with Gasteiger partial charge in [0, 0.05) is 60.5 Å². The van der Waals surface area contributed by atoms with Gasteiger partial charge in [-0.05, 0) is 94.4 Å². The van der Waals surface area contributed by atoms with Crippen molar-refractivity contribution >= 4 is 38.9 Å². The van der Waals surface area contributed by atoms with Crippen LogP contribution in [0.25, 0.3) is 11.1 Å². The fourth-order valence-corrected chi connectivity index (χ4v) is 6.63. The number of sulfonamides is 1. The molecule has 1 saturated heterocycles. The summed E-state index contributed by atoms with van der Waals surface area (Å²) in [5.74, 6) is 0.654. The molecule has 0 saturated carbocycles. The average molecular weight is 654 g/mol. The van der Waals surface area contributed by atoms with Crippen LogP contribution in [-0.4, -0.2) is 62.1 Å². The number of hydrogen-bond donors (Lipinski definition) is 3. The van der Waals surface area contributed by atoms with E-state index < -0.39 is 27.3 Å². The molecule has 0 aliphatic carbocycles. The Kier molecular flexibility index (Phi) is 9.30. The first-order chi connectivity index (χ1) is 21.6. The molecule has 2 heterocycles. The first-order valence-corrected chi connectivity index (χ1v) is 16.3. The number of anilines is 5. The Morgan fingerprint density at radius 3 is 2.17 bits per heavy atom. The molecule has 1 fully saturated rings. The summed E-state index contributed by atoms with van der Waals surface area (Å²) in [7, 11) is -1.99. The number of alkyl halides is 3. The molecular weight excluding hydrogens is 615 g/mol. The van der Waals surface area contributed by atoms with Crippen LogP contribution in [0.4, 0.5) is 42.0 Å². The molecule has 1 aliphatic heterocycles. The van der Waals surface area contributed by atoms with Gasteiger partial charge in [0.25, 0.3) is 0 Å². The van der Waals surface area contributed by atoms with Crippen molar-refractivity contribution in [1.29, 1.82) is 0 Å². The first-order valence-electron chi connectivity index (χ1n) is 14.8. The molecule has 3 N–H and O–H groups in total. The van der Waals surface area contributed by atoms with Crippen LogP contribution < -0.4 is 20.3 Å². The van der Waals surface area contributed by atoms with E-state index in [9.17, 15) is 21.6 Å². The van der Waals surface area contributed by atoms with Crippen molar-refractivity contribution in [2.75, 3.05) is 48.8 Å². The zero-order valence-corrected chi connectivity index (χ0v) is 27.2. The van der Waals surface area contributed by atoms with Crippen molar-refractivity contribution in [1.82, 2.24) is 19.6 Å². The number of nitrogens with zero attached hydrogens (tertiary/aromatic N) is 4. The molecule has 1 aromatic heterocycles. The van der Waals surface area contributed by atoms with Crippen molar-refractivity contribution < 1.29 is 21.6 Å². The highest BCUT2D eigenvalue weighted by Gasteiger charge is 2.34. The molecule has 13 heteroatoms. The molecule has 0 atom stereocenters. The van der Waals surface area contributed by atoms with Gasteiger partial charge in [-0.25, -0.2) is 18.1 Å². The van der Waals surface area contributed by atoms with Crippen LogP contribution in [0.1, 0.15) is 31.9 Å². The highest BCUT2D eigenvalue weighted by atomic mass is 32.2. The number of halogens is 3. The van der Waals surface area contributed by atoms with Crippen LogP contribution in [0, 0.1) is 6.92 Å². The second-order valence-electron chi connectivity index (χ2n) is 12.5. The van der Waals surface area contributed by atoms with E-state index in [1.165, 1.54) is 36.4 Å². The van der Waals surface area contributed by atoms with E-state index in [2.05, 4.69) is 42.2 Å². The molecule has 3 aromatic carbocycles. The highest BCUT2D eigenvalue weighted by Crippen LogP contribution is 2.39. The maximum Gasteiger partial charge on any atom is 0.417 e. The number of piperazine rings is 1. The van der Waals surface area contributed by atoms with Gasteiger partial charge < -0.3 is 20.4 Å². The first kappa shape index (κ1) is 33.2. The molecule has 244 valence electrons. The maximum absolute atomic E-state index is 14.0. The number of rotatable bonds is 8. The van der Waals surface area contributed by atoms with Crippen LogP contribution in [0.15, 0.2) is 77.8 Å². The van der Waals surface area contributed by atoms with Crippen LogP contribution in [-0.2, 0) is 16.2 Å². The molecular formula is C33H38F3N7O2S. The Labute approximate surface area is 267 Å². The zero-order chi connectivity index (χ0) is 33.3. The average Bonchev–Trinajstić information content (AvgIpc) is 2.98. The third-order valence-corrected chi connectivity index (χ3v) is 9.16. The van der Waals surface area contributed by atoms with E-state index in [1.807, 2.05) is 24.3 Å². The minimum absolute atomic E-state index is 0.0812. The highest BCUT2D eigenvalue weighted by molar-refractivity contribution is 7.89. The fraction of sp³-hybridized carbons (Fsp3) is 0.333. The Balaban J connectivity index is 1.46. The predicted octanol–water partition coefficient (Wildman–Crippen LogP) is 6.79. The van der Waals surface area contributed by atoms with E-state index in [1.54, 1.807) is 33.9 Å². The lowest BCUT2D eigenvalue weighted by atomic mass is 9.99. The van der Waals surface area contributed by atoms with E-state index in [0.717, 1.165) is 43.6 Å². The second-order valence-corrected chi connectivity index (χ2v) is 14.1. The molecule has 0 spiro atoms. The molecule has 1 aliphatic rings. The van der Waals surface area contributed by atoms with Gasteiger partial charge >= 0.3 is 6.18 Å². The largest absolute Gasteiger partial charge is 0.417 e. The van der Waals surface area contributed by atoms with E-state index in [4.69, 9.17) is 0 Å². The van der Waals surface area contributed by atoms with Gasteiger partial charge in [0.2, 0.25) is 16.0 Å². The standard InChI is InChI=1S/C33H38F3N7O2S/c1-22-21-37-31(39-24-10-12-26(13-11-24)43-16-14-42(5)15-17-43)40-30(22)38-25-18-23(28-8-6-7-9-29(28)33(34,35)36)19-27(20-25)46(44,45)41-32(2,3)4/h6-13,18-21,41H,14-17H2,1-5H3,(H2,37,38,39,40). The summed E-state index contributed by atoms with van der Waals surface area (Å²) < 4.78 is 71.3. The van der Waals surface area contributed by atoms with Gasteiger partial charge in [0.05, 0.1) is 10.5 Å². The van der Waals surface area contributed by atoms with E-state index in [0.29, 0.717) is 17.3 Å². The summed E-state index contributed by atoms with van der Waals surface area (Å²) in [4.78, 5) is 13.4. The van der Waals surface area contributed by atoms with Gasteiger partial charge in [-0.1, -0.05) is 18.2 Å². The topological polar surface area (TPSA) is 102 Å². The molecule has 5 rings (SSSR count). The van der Waals surface area contributed by atoms with E-state index in [-0.39, 0.29) is 21.7 Å². The number of likely N-dealkylation sites (N-methyl/N-ethyl adjacent to an activating group) is 1. The van der Waals surface area contributed by atoms with Gasteiger partial charge in [-0.3, -0.25) is 0 Å². The number of benzene rings is 3. The lowest BCUT2D eigenvalue weighted by Gasteiger charge is -2.34. The van der Waals surface area contributed by atoms with Crippen molar-refractivity contribution in [2.24, 2.45) is 0 Å².